The molecule has 1 aliphatic rings. The Balaban J connectivity index is 2.45. The van der Waals surface area contributed by atoms with E-state index in [0.29, 0.717) is 19.4 Å². The van der Waals surface area contributed by atoms with Crippen LogP contribution in [0, 0.1) is 0 Å². The first-order chi connectivity index (χ1) is 8.37. The molecule has 0 radical (unpaired) electrons. The number of piperidine rings is 1. The molecule has 0 atom stereocenters. The third kappa shape index (κ3) is 2.06. The number of nitrogens with zero attached hydrogens (tertiary/aromatic N) is 2. The van der Waals surface area contributed by atoms with Crippen molar-refractivity contribution in [3.05, 3.63) is 24.4 Å². The maximum Gasteiger partial charge on any atom is 0.261 e. The van der Waals surface area contributed by atoms with E-state index in [-0.39, 0.29) is 10.8 Å². The van der Waals surface area contributed by atoms with Gasteiger partial charge in [-0.1, -0.05) is 6.07 Å². The molecule has 98 valence electrons. The zero-order chi connectivity index (χ0) is 13.4. The van der Waals surface area contributed by atoms with Gasteiger partial charge in [0, 0.05) is 19.2 Å². The van der Waals surface area contributed by atoms with Crippen LogP contribution in [0.5, 0.6) is 0 Å². The summed E-state index contributed by atoms with van der Waals surface area (Å²) in [6, 6.07) is 4.73. The zero-order valence-corrected chi connectivity index (χ0v) is 11.3. The molecule has 0 saturated carbocycles. The standard InChI is InChI=1S/C12H16N2O3S/c1-12(2)10(15)6-5-9-14(12)18(16,17)11-7-3-4-8-13-11/h3-4,7-8H,5-6,9H2,1-2H3. The van der Waals surface area contributed by atoms with Crippen molar-refractivity contribution in [1.82, 2.24) is 9.29 Å². The van der Waals surface area contributed by atoms with E-state index < -0.39 is 15.6 Å². The molecule has 18 heavy (non-hydrogen) atoms. The highest BCUT2D eigenvalue weighted by atomic mass is 32.2. The van der Waals surface area contributed by atoms with E-state index in [1.165, 1.54) is 16.6 Å². The molecular weight excluding hydrogens is 252 g/mol. The first kappa shape index (κ1) is 13.2. The summed E-state index contributed by atoms with van der Waals surface area (Å²) < 4.78 is 26.2. The van der Waals surface area contributed by atoms with Crippen LogP contribution in [0.3, 0.4) is 0 Å². The predicted molar refractivity (Wildman–Crippen MR) is 66.4 cm³/mol. The van der Waals surface area contributed by atoms with Crippen molar-refractivity contribution in [3.8, 4) is 0 Å². The molecule has 0 amide bonds. The second kappa shape index (κ2) is 4.44. The SMILES string of the molecule is CC1(C)C(=O)CCCN1S(=O)(=O)c1ccccn1. The van der Waals surface area contributed by atoms with Gasteiger partial charge in [0.2, 0.25) is 0 Å². The second-order valence-corrected chi connectivity index (χ2v) is 6.64. The molecule has 6 heteroatoms. The van der Waals surface area contributed by atoms with Crippen LogP contribution in [0.25, 0.3) is 0 Å². The Hall–Kier alpha value is -1.27. The van der Waals surface area contributed by atoms with Crippen LogP contribution in [0.2, 0.25) is 0 Å². The molecule has 1 fully saturated rings. The lowest BCUT2D eigenvalue weighted by atomic mass is 9.92. The van der Waals surface area contributed by atoms with Crippen LogP contribution >= 0.6 is 0 Å². The minimum absolute atomic E-state index is 0.00669. The largest absolute Gasteiger partial charge is 0.298 e. The average molecular weight is 268 g/mol. The summed E-state index contributed by atoms with van der Waals surface area (Å²) in [5, 5.41) is -0.00669. The molecule has 2 heterocycles. The maximum atomic E-state index is 12.5. The molecule has 2 rings (SSSR count). The Bertz CT molecular complexity index is 552. The fourth-order valence-corrected chi connectivity index (χ4v) is 3.88. The van der Waals surface area contributed by atoms with Crippen molar-refractivity contribution >= 4 is 15.8 Å². The van der Waals surface area contributed by atoms with Gasteiger partial charge in [0.05, 0.1) is 5.54 Å². The number of pyridine rings is 1. The van der Waals surface area contributed by atoms with Crippen LogP contribution in [0.15, 0.2) is 29.4 Å². The number of ketones is 1. The molecule has 0 N–H and O–H groups in total. The summed E-state index contributed by atoms with van der Waals surface area (Å²) in [5.41, 5.74) is -0.991. The molecule has 1 aromatic heterocycles. The number of rotatable bonds is 2. The molecule has 0 aromatic carbocycles. The molecule has 0 aliphatic carbocycles. The Labute approximate surface area is 107 Å². The third-order valence-electron chi connectivity index (χ3n) is 3.26. The van der Waals surface area contributed by atoms with Gasteiger partial charge in [-0.25, -0.2) is 13.4 Å². The highest BCUT2D eigenvalue weighted by molar-refractivity contribution is 7.89. The fourth-order valence-electron chi connectivity index (χ4n) is 2.14. The van der Waals surface area contributed by atoms with Crippen LogP contribution < -0.4 is 0 Å². The van der Waals surface area contributed by atoms with Gasteiger partial charge in [0.1, 0.15) is 0 Å². The van der Waals surface area contributed by atoms with Crippen LogP contribution in [0.4, 0.5) is 0 Å². The lowest BCUT2D eigenvalue weighted by Crippen LogP contribution is -2.56. The van der Waals surface area contributed by atoms with E-state index in [9.17, 15) is 13.2 Å². The number of aromatic nitrogens is 1. The molecule has 0 spiro atoms. The van der Waals surface area contributed by atoms with Crippen molar-refractivity contribution in [3.63, 3.8) is 0 Å². The van der Waals surface area contributed by atoms with E-state index in [1.54, 1.807) is 26.0 Å². The molecule has 0 unspecified atom stereocenters. The van der Waals surface area contributed by atoms with Crippen molar-refractivity contribution in [2.24, 2.45) is 0 Å². The van der Waals surface area contributed by atoms with Crippen molar-refractivity contribution in [2.45, 2.75) is 37.3 Å². The molecule has 1 saturated heterocycles. The van der Waals surface area contributed by atoms with Crippen molar-refractivity contribution in [2.75, 3.05) is 6.54 Å². The monoisotopic (exact) mass is 268 g/mol. The molecule has 1 aromatic rings. The van der Waals surface area contributed by atoms with Gasteiger partial charge in [-0.05, 0) is 32.4 Å². The second-order valence-electron chi connectivity index (χ2n) is 4.83. The molecule has 1 aliphatic heterocycles. The van der Waals surface area contributed by atoms with Gasteiger partial charge in [-0.2, -0.15) is 4.31 Å². The van der Waals surface area contributed by atoms with E-state index >= 15 is 0 Å². The highest BCUT2D eigenvalue weighted by Gasteiger charge is 2.44. The number of Topliss-reactive ketones (excluding diaryl/α,β-unsaturated/α-hetero) is 1. The van der Waals surface area contributed by atoms with Crippen LogP contribution in [-0.4, -0.2) is 35.6 Å². The Morgan fingerprint density at radius 2 is 2.06 bits per heavy atom. The summed E-state index contributed by atoms with van der Waals surface area (Å²) in [4.78, 5) is 15.8. The number of carbonyl (C=O) groups is 1. The third-order valence-corrected chi connectivity index (χ3v) is 5.25. The zero-order valence-electron chi connectivity index (χ0n) is 10.5. The van der Waals surface area contributed by atoms with E-state index in [1.807, 2.05) is 0 Å². The molecular formula is C12H16N2O3S. The lowest BCUT2D eigenvalue weighted by Gasteiger charge is -2.39. The quantitative estimate of drug-likeness (QED) is 0.808. The highest BCUT2D eigenvalue weighted by Crippen LogP contribution is 2.29. The Kier molecular flexibility index (Phi) is 3.25. The summed E-state index contributed by atoms with van der Waals surface area (Å²) in [5.74, 6) is -0.0479. The first-order valence-electron chi connectivity index (χ1n) is 5.84. The fraction of sp³-hybridized carbons (Fsp3) is 0.500. The number of carbonyl (C=O) groups excluding carboxylic acids is 1. The number of hydrogen-bond donors (Lipinski definition) is 0. The van der Waals surface area contributed by atoms with Crippen LogP contribution in [-0.2, 0) is 14.8 Å². The first-order valence-corrected chi connectivity index (χ1v) is 7.28. The minimum Gasteiger partial charge on any atom is -0.298 e. The van der Waals surface area contributed by atoms with Gasteiger partial charge < -0.3 is 0 Å². The van der Waals surface area contributed by atoms with Gasteiger partial charge in [-0.15, -0.1) is 0 Å². The topological polar surface area (TPSA) is 67.3 Å². The van der Waals surface area contributed by atoms with Gasteiger partial charge >= 0.3 is 0 Å². The van der Waals surface area contributed by atoms with Gasteiger partial charge in [0.25, 0.3) is 10.0 Å². The molecule has 5 nitrogen and oxygen atoms in total. The minimum atomic E-state index is -3.70. The number of hydrogen-bond acceptors (Lipinski definition) is 4. The normalized spacial score (nSPS) is 20.9. The van der Waals surface area contributed by atoms with Gasteiger partial charge in [0.15, 0.2) is 10.8 Å². The smallest absolute Gasteiger partial charge is 0.261 e. The van der Waals surface area contributed by atoms with Gasteiger partial charge in [-0.3, -0.25) is 4.79 Å². The predicted octanol–water partition coefficient (Wildman–Crippen LogP) is 1.21. The molecule has 0 bridgehead atoms. The van der Waals surface area contributed by atoms with Crippen molar-refractivity contribution in [1.29, 1.82) is 0 Å². The summed E-state index contributed by atoms with van der Waals surface area (Å²) >= 11 is 0. The summed E-state index contributed by atoms with van der Waals surface area (Å²) in [7, 11) is -3.70. The summed E-state index contributed by atoms with van der Waals surface area (Å²) in [6.45, 7) is 3.65. The van der Waals surface area contributed by atoms with E-state index in [0.717, 1.165) is 0 Å². The van der Waals surface area contributed by atoms with Crippen LogP contribution in [0.1, 0.15) is 26.7 Å². The van der Waals surface area contributed by atoms with E-state index in [4.69, 9.17) is 0 Å². The lowest BCUT2D eigenvalue weighted by molar-refractivity contribution is -0.129. The van der Waals surface area contributed by atoms with E-state index in [2.05, 4.69) is 4.98 Å². The summed E-state index contributed by atoms with van der Waals surface area (Å²) in [6.07, 6.45) is 2.43. The Morgan fingerprint density at radius 1 is 1.33 bits per heavy atom. The van der Waals surface area contributed by atoms with Crippen molar-refractivity contribution < 1.29 is 13.2 Å². The Morgan fingerprint density at radius 3 is 2.67 bits per heavy atom. The maximum absolute atomic E-state index is 12.5. The average Bonchev–Trinajstić information content (AvgIpc) is 2.33. The number of sulfonamides is 1.